The number of nitrogens with two attached hydrogens (primary N) is 1. The summed E-state index contributed by atoms with van der Waals surface area (Å²) >= 11 is 0. The molecule has 0 aromatic heterocycles. The van der Waals surface area contributed by atoms with Gasteiger partial charge in [0.25, 0.3) is 0 Å². The summed E-state index contributed by atoms with van der Waals surface area (Å²) in [6, 6.07) is 0. The van der Waals surface area contributed by atoms with Crippen molar-refractivity contribution in [2.24, 2.45) is 5.73 Å². The molecule has 0 unspecified atom stereocenters. The lowest BCUT2D eigenvalue weighted by Gasteiger charge is -2.07. The summed E-state index contributed by atoms with van der Waals surface area (Å²) in [6.45, 7) is 0. The van der Waals surface area contributed by atoms with Gasteiger partial charge in [-0.2, -0.15) is 0 Å². The third-order valence-electron chi connectivity index (χ3n) is 1.52. The maximum atomic E-state index is 10.2. The molecule has 3 N–H and O–H groups in total. The Kier molecular flexibility index (Phi) is 1.80. The van der Waals surface area contributed by atoms with Gasteiger partial charge in [0.05, 0.1) is 16.7 Å². The Morgan fingerprint density at radius 2 is 2.27 bits per heavy atom. The Morgan fingerprint density at radius 3 is 2.73 bits per heavy atom. The van der Waals surface area contributed by atoms with E-state index in [1.807, 2.05) is 0 Å². The molecule has 60 valence electrons. The highest BCUT2D eigenvalue weighted by atomic mass is 16.6. The van der Waals surface area contributed by atoms with E-state index in [4.69, 9.17) is 10.8 Å². The summed E-state index contributed by atoms with van der Waals surface area (Å²) in [5, 5.41) is 19.1. The number of hydrogen-bond donors (Lipinski definition) is 2. The molecule has 0 bridgehead atoms. The molecule has 1 aliphatic rings. The van der Waals surface area contributed by atoms with Crippen LogP contribution in [0.1, 0.15) is 12.8 Å². The van der Waals surface area contributed by atoms with Gasteiger partial charge >= 0.3 is 0 Å². The highest BCUT2D eigenvalue weighted by Crippen LogP contribution is 2.18. The largest absolute Gasteiger partial charge is 0.506 e. The summed E-state index contributed by atoms with van der Waals surface area (Å²) in [4.78, 5) is 9.66. The first-order valence-corrected chi connectivity index (χ1v) is 3.14. The topological polar surface area (TPSA) is 89.4 Å². The molecular formula is C6H8N2O3. The number of hydrogen-bond acceptors (Lipinski definition) is 4. The normalized spacial score (nSPS) is 18.0. The molecule has 1 rings (SSSR count). The molecule has 5 heteroatoms. The number of aliphatic hydroxyl groups excluding tert-OH is 1. The highest BCUT2D eigenvalue weighted by Gasteiger charge is 2.18. The fraction of sp³-hybridized carbons (Fsp3) is 0.333. The van der Waals surface area contributed by atoms with Gasteiger partial charge in [0.15, 0.2) is 0 Å². The van der Waals surface area contributed by atoms with Gasteiger partial charge in [0, 0.05) is 12.8 Å². The molecule has 0 spiro atoms. The van der Waals surface area contributed by atoms with Gasteiger partial charge in [-0.25, -0.2) is 0 Å². The zero-order valence-electron chi connectivity index (χ0n) is 5.78. The van der Waals surface area contributed by atoms with Gasteiger partial charge in [0.1, 0.15) is 5.76 Å². The summed E-state index contributed by atoms with van der Waals surface area (Å²) in [5.74, 6) is -0.178. The van der Waals surface area contributed by atoms with E-state index in [0.29, 0.717) is 18.5 Å². The van der Waals surface area contributed by atoms with E-state index in [9.17, 15) is 10.1 Å². The van der Waals surface area contributed by atoms with Crippen LogP contribution in [0, 0.1) is 10.1 Å². The van der Waals surface area contributed by atoms with Crippen molar-refractivity contribution in [1.82, 2.24) is 0 Å². The van der Waals surface area contributed by atoms with Crippen molar-refractivity contribution in [3.63, 3.8) is 0 Å². The Balaban J connectivity index is 2.89. The maximum Gasteiger partial charge on any atom is 0.250 e. The van der Waals surface area contributed by atoms with Crippen LogP contribution < -0.4 is 5.73 Å². The lowest BCUT2D eigenvalue weighted by atomic mass is 10.1. The number of nitro groups is 1. The van der Waals surface area contributed by atoms with E-state index >= 15 is 0 Å². The minimum absolute atomic E-state index is 0.0108. The molecule has 11 heavy (non-hydrogen) atoms. The molecular weight excluding hydrogens is 148 g/mol. The molecule has 0 radical (unpaired) electrons. The quantitative estimate of drug-likeness (QED) is 0.431. The first-order valence-electron chi connectivity index (χ1n) is 3.14. The Bertz CT molecular complexity index is 255. The van der Waals surface area contributed by atoms with Crippen LogP contribution in [-0.4, -0.2) is 10.0 Å². The molecule has 1 aliphatic carbocycles. The zero-order chi connectivity index (χ0) is 8.43. The molecule has 0 fully saturated rings. The van der Waals surface area contributed by atoms with E-state index in [1.54, 1.807) is 0 Å². The molecule has 0 aromatic carbocycles. The molecule has 0 saturated heterocycles. The van der Waals surface area contributed by atoms with Gasteiger partial charge in [-0.15, -0.1) is 0 Å². The van der Waals surface area contributed by atoms with Crippen molar-refractivity contribution >= 4 is 0 Å². The van der Waals surface area contributed by atoms with E-state index in [2.05, 4.69) is 0 Å². The van der Waals surface area contributed by atoms with Crippen LogP contribution in [0.3, 0.4) is 0 Å². The van der Waals surface area contributed by atoms with Crippen LogP contribution in [0.4, 0.5) is 0 Å². The fourth-order valence-electron chi connectivity index (χ4n) is 0.857. The Hall–Kier alpha value is -1.52. The van der Waals surface area contributed by atoms with Crippen LogP contribution >= 0.6 is 0 Å². The first kappa shape index (κ1) is 7.59. The SMILES string of the molecule is NC1=C(O)C=C([N+](=O)[O-])CC1. The molecule has 0 aliphatic heterocycles. The van der Waals surface area contributed by atoms with Crippen LogP contribution in [0.2, 0.25) is 0 Å². The summed E-state index contributed by atoms with van der Waals surface area (Å²) < 4.78 is 0. The van der Waals surface area contributed by atoms with Crippen molar-refractivity contribution in [2.75, 3.05) is 0 Å². The summed E-state index contributed by atoms with van der Waals surface area (Å²) in [5.41, 5.74) is 5.63. The van der Waals surface area contributed by atoms with Gasteiger partial charge in [-0.3, -0.25) is 10.1 Å². The third-order valence-corrected chi connectivity index (χ3v) is 1.52. The average molecular weight is 156 g/mol. The first-order chi connectivity index (χ1) is 5.11. The summed E-state index contributed by atoms with van der Waals surface area (Å²) in [7, 11) is 0. The predicted molar refractivity (Wildman–Crippen MR) is 38.2 cm³/mol. The van der Waals surface area contributed by atoms with Crippen molar-refractivity contribution in [3.8, 4) is 0 Å². The van der Waals surface area contributed by atoms with Gasteiger partial charge in [-0.1, -0.05) is 0 Å². The molecule has 5 nitrogen and oxygen atoms in total. The van der Waals surface area contributed by atoms with Crippen LogP contribution in [-0.2, 0) is 0 Å². The Morgan fingerprint density at radius 1 is 1.64 bits per heavy atom. The van der Waals surface area contributed by atoms with E-state index in [0.717, 1.165) is 6.08 Å². The minimum Gasteiger partial charge on any atom is -0.506 e. The second-order valence-electron chi connectivity index (χ2n) is 2.30. The Labute approximate surface area is 63.0 Å². The monoisotopic (exact) mass is 156 g/mol. The van der Waals surface area contributed by atoms with Gasteiger partial charge in [-0.05, 0) is 0 Å². The maximum absolute atomic E-state index is 10.2. The number of rotatable bonds is 1. The van der Waals surface area contributed by atoms with Crippen LogP contribution in [0.15, 0.2) is 23.2 Å². The molecule has 0 amide bonds. The number of allylic oxidation sites excluding steroid dienone is 3. The molecule has 0 saturated carbocycles. The minimum atomic E-state index is -0.511. The smallest absolute Gasteiger partial charge is 0.250 e. The van der Waals surface area contributed by atoms with Gasteiger partial charge < -0.3 is 10.8 Å². The van der Waals surface area contributed by atoms with Gasteiger partial charge in [0.2, 0.25) is 5.70 Å². The highest BCUT2D eigenvalue weighted by molar-refractivity contribution is 5.23. The van der Waals surface area contributed by atoms with Crippen molar-refractivity contribution in [3.05, 3.63) is 33.3 Å². The number of nitrogens with zero attached hydrogens (tertiary/aromatic N) is 1. The van der Waals surface area contributed by atoms with Crippen molar-refractivity contribution < 1.29 is 10.0 Å². The van der Waals surface area contributed by atoms with Crippen LogP contribution in [0.5, 0.6) is 0 Å². The standard InChI is InChI=1S/C6H8N2O3/c7-5-2-1-4(8(10)11)3-6(5)9/h3,9H,1-2,7H2. The van der Waals surface area contributed by atoms with Crippen molar-refractivity contribution in [1.29, 1.82) is 0 Å². The van der Waals surface area contributed by atoms with E-state index < -0.39 is 4.92 Å². The lowest BCUT2D eigenvalue weighted by Crippen LogP contribution is -2.10. The molecule has 0 atom stereocenters. The second-order valence-corrected chi connectivity index (χ2v) is 2.30. The zero-order valence-corrected chi connectivity index (χ0v) is 5.78. The fourth-order valence-corrected chi connectivity index (χ4v) is 0.857. The van der Waals surface area contributed by atoms with Crippen LogP contribution in [0.25, 0.3) is 0 Å². The molecule has 0 heterocycles. The molecule has 0 aromatic rings. The van der Waals surface area contributed by atoms with E-state index in [-0.39, 0.29) is 11.5 Å². The van der Waals surface area contributed by atoms with E-state index in [1.165, 1.54) is 0 Å². The van der Waals surface area contributed by atoms with Crippen molar-refractivity contribution in [2.45, 2.75) is 12.8 Å². The lowest BCUT2D eigenvalue weighted by molar-refractivity contribution is -0.428. The number of aliphatic hydroxyl groups is 1. The third kappa shape index (κ3) is 1.49. The predicted octanol–water partition coefficient (Wildman–Crippen LogP) is 0.669. The second kappa shape index (κ2) is 2.61. The summed E-state index contributed by atoms with van der Waals surface area (Å²) in [6.07, 6.45) is 1.75. The average Bonchev–Trinajstić information content (AvgIpc) is 1.94.